The van der Waals surface area contributed by atoms with Crippen molar-refractivity contribution in [2.45, 2.75) is 18.9 Å². The van der Waals surface area contributed by atoms with Crippen LogP contribution >= 0.6 is 15.9 Å². The van der Waals surface area contributed by atoms with Gasteiger partial charge in [-0.25, -0.2) is 0 Å². The van der Waals surface area contributed by atoms with Crippen LogP contribution in [-0.2, 0) is 4.79 Å². The first-order valence-corrected chi connectivity index (χ1v) is 7.97. The van der Waals surface area contributed by atoms with Crippen LogP contribution in [-0.4, -0.2) is 49.2 Å². The van der Waals surface area contributed by atoms with E-state index in [2.05, 4.69) is 38.8 Å². The van der Waals surface area contributed by atoms with Crippen molar-refractivity contribution in [2.24, 2.45) is 5.73 Å². The molecule has 0 amide bonds. The first-order valence-electron chi connectivity index (χ1n) is 7.17. The molecule has 6 heteroatoms. The van der Waals surface area contributed by atoms with Gasteiger partial charge >= 0.3 is 5.97 Å². The summed E-state index contributed by atoms with van der Waals surface area (Å²) in [5, 5.41) is 8.72. The van der Waals surface area contributed by atoms with Crippen molar-refractivity contribution >= 4 is 27.6 Å². The molecule has 0 aliphatic carbocycles. The van der Waals surface area contributed by atoms with Gasteiger partial charge in [0, 0.05) is 43.1 Å². The van der Waals surface area contributed by atoms with E-state index in [4.69, 9.17) is 10.8 Å². The Kier molecular flexibility index (Phi) is 5.61. The van der Waals surface area contributed by atoms with Gasteiger partial charge in [0.2, 0.25) is 0 Å². The van der Waals surface area contributed by atoms with Crippen molar-refractivity contribution in [3.8, 4) is 0 Å². The molecule has 0 saturated carbocycles. The fraction of sp³-hybridized carbons (Fsp3) is 0.533. The van der Waals surface area contributed by atoms with E-state index >= 15 is 0 Å². The number of halogens is 1. The van der Waals surface area contributed by atoms with Crippen LogP contribution in [0.2, 0.25) is 0 Å². The number of anilines is 1. The van der Waals surface area contributed by atoms with Crippen LogP contribution < -0.4 is 10.6 Å². The van der Waals surface area contributed by atoms with Crippen LogP contribution in [0.1, 0.15) is 24.4 Å². The maximum Gasteiger partial charge on any atom is 0.303 e. The molecule has 21 heavy (non-hydrogen) atoms. The number of nitrogens with two attached hydrogens (primary N) is 1. The van der Waals surface area contributed by atoms with Crippen LogP contribution in [0.3, 0.4) is 0 Å². The van der Waals surface area contributed by atoms with Gasteiger partial charge in [-0.3, -0.25) is 4.79 Å². The first-order chi connectivity index (χ1) is 9.97. The Morgan fingerprint density at radius 1 is 1.38 bits per heavy atom. The standard InChI is InChI=1S/C15H22BrN3O2/c1-18-6-8-19(9-7-18)14-4-2-11(10-12(14)16)13(17)3-5-15(20)21/h2,4,10,13H,3,5-9,17H2,1H3,(H,20,21). The number of carboxylic acid groups (broad SMARTS) is 1. The third kappa shape index (κ3) is 4.43. The largest absolute Gasteiger partial charge is 0.481 e. The number of hydrogen-bond donors (Lipinski definition) is 2. The van der Waals surface area contributed by atoms with Crippen molar-refractivity contribution in [1.82, 2.24) is 4.90 Å². The summed E-state index contributed by atoms with van der Waals surface area (Å²) in [7, 11) is 2.14. The number of carbonyl (C=O) groups is 1. The third-order valence-corrected chi connectivity index (χ3v) is 4.55. The number of nitrogens with zero attached hydrogens (tertiary/aromatic N) is 2. The Labute approximate surface area is 133 Å². The van der Waals surface area contributed by atoms with Crippen molar-refractivity contribution in [3.63, 3.8) is 0 Å². The zero-order valence-electron chi connectivity index (χ0n) is 12.3. The Bertz CT molecular complexity index is 502. The van der Waals surface area contributed by atoms with Crippen molar-refractivity contribution in [3.05, 3.63) is 28.2 Å². The van der Waals surface area contributed by atoms with Gasteiger partial charge in [-0.15, -0.1) is 0 Å². The number of likely N-dealkylation sites (N-methyl/N-ethyl adjacent to an activating group) is 1. The van der Waals surface area contributed by atoms with E-state index in [1.165, 1.54) is 5.69 Å². The number of piperazine rings is 1. The normalized spacial score (nSPS) is 17.8. The Morgan fingerprint density at radius 2 is 2.05 bits per heavy atom. The molecule has 1 unspecified atom stereocenters. The van der Waals surface area contributed by atoms with Crippen LogP contribution in [0.5, 0.6) is 0 Å². The smallest absolute Gasteiger partial charge is 0.303 e. The van der Waals surface area contributed by atoms with Crippen LogP contribution in [0, 0.1) is 0 Å². The molecule has 1 aromatic carbocycles. The maximum atomic E-state index is 10.6. The lowest BCUT2D eigenvalue weighted by atomic mass is 10.0. The molecule has 0 bridgehead atoms. The highest BCUT2D eigenvalue weighted by molar-refractivity contribution is 9.10. The average Bonchev–Trinajstić information content (AvgIpc) is 2.45. The summed E-state index contributed by atoms with van der Waals surface area (Å²) in [5.74, 6) is -0.807. The molecule has 2 rings (SSSR count). The minimum atomic E-state index is -0.807. The van der Waals surface area contributed by atoms with E-state index in [-0.39, 0.29) is 12.5 Å². The van der Waals surface area contributed by atoms with Crippen LogP contribution in [0.4, 0.5) is 5.69 Å². The number of rotatable bonds is 5. The van der Waals surface area contributed by atoms with Crippen molar-refractivity contribution < 1.29 is 9.90 Å². The lowest BCUT2D eigenvalue weighted by molar-refractivity contribution is -0.137. The molecular weight excluding hydrogens is 334 g/mol. The fourth-order valence-corrected chi connectivity index (χ4v) is 3.15. The van der Waals surface area contributed by atoms with Crippen LogP contribution in [0.15, 0.2) is 22.7 Å². The Morgan fingerprint density at radius 3 is 2.62 bits per heavy atom. The number of hydrogen-bond acceptors (Lipinski definition) is 4. The molecule has 1 aromatic rings. The van der Waals surface area contributed by atoms with E-state index in [9.17, 15) is 4.79 Å². The minimum Gasteiger partial charge on any atom is -0.481 e. The molecule has 1 aliphatic rings. The van der Waals surface area contributed by atoms with Gasteiger partial charge in [0.05, 0.1) is 5.69 Å². The van der Waals surface area contributed by atoms with Gasteiger partial charge in [0.25, 0.3) is 0 Å². The van der Waals surface area contributed by atoms with E-state index in [1.54, 1.807) is 0 Å². The molecule has 5 nitrogen and oxygen atoms in total. The highest BCUT2D eigenvalue weighted by atomic mass is 79.9. The van der Waals surface area contributed by atoms with Gasteiger partial charge < -0.3 is 20.6 Å². The first kappa shape index (κ1) is 16.3. The van der Waals surface area contributed by atoms with E-state index in [0.717, 1.165) is 36.2 Å². The van der Waals surface area contributed by atoms with Gasteiger partial charge in [-0.2, -0.15) is 0 Å². The zero-order valence-corrected chi connectivity index (χ0v) is 13.8. The minimum absolute atomic E-state index is 0.0962. The summed E-state index contributed by atoms with van der Waals surface area (Å²) < 4.78 is 1.02. The lowest BCUT2D eigenvalue weighted by Crippen LogP contribution is -2.44. The topological polar surface area (TPSA) is 69.8 Å². The SMILES string of the molecule is CN1CCN(c2ccc(C(N)CCC(=O)O)cc2Br)CC1. The second kappa shape index (κ2) is 7.24. The predicted molar refractivity (Wildman–Crippen MR) is 87.7 cm³/mol. The van der Waals surface area contributed by atoms with Gasteiger partial charge in [-0.1, -0.05) is 6.07 Å². The van der Waals surface area contributed by atoms with E-state index in [0.29, 0.717) is 6.42 Å². The summed E-state index contributed by atoms with van der Waals surface area (Å²) in [6, 6.07) is 5.86. The molecule has 1 fully saturated rings. The molecule has 116 valence electrons. The number of benzene rings is 1. The molecule has 1 saturated heterocycles. The van der Waals surface area contributed by atoms with Crippen LogP contribution in [0.25, 0.3) is 0 Å². The van der Waals surface area contributed by atoms with Crippen molar-refractivity contribution in [1.29, 1.82) is 0 Å². The molecule has 0 radical (unpaired) electrons. The van der Waals surface area contributed by atoms with E-state index in [1.807, 2.05) is 12.1 Å². The average molecular weight is 356 g/mol. The second-order valence-electron chi connectivity index (χ2n) is 5.54. The quantitative estimate of drug-likeness (QED) is 0.845. The van der Waals surface area contributed by atoms with Gasteiger partial charge in [-0.05, 0) is 47.1 Å². The zero-order chi connectivity index (χ0) is 15.4. The number of aliphatic carboxylic acids is 1. The van der Waals surface area contributed by atoms with E-state index < -0.39 is 5.97 Å². The summed E-state index contributed by atoms with van der Waals surface area (Å²) in [6.45, 7) is 4.15. The monoisotopic (exact) mass is 355 g/mol. The van der Waals surface area contributed by atoms with Gasteiger partial charge in [0.1, 0.15) is 0 Å². The van der Waals surface area contributed by atoms with Crippen molar-refractivity contribution in [2.75, 3.05) is 38.1 Å². The summed E-state index contributed by atoms with van der Waals surface area (Å²) in [4.78, 5) is 15.3. The molecule has 1 heterocycles. The maximum absolute atomic E-state index is 10.6. The Hall–Kier alpha value is -1.11. The Balaban J connectivity index is 2.05. The second-order valence-corrected chi connectivity index (χ2v) is 6.39. The third-order valence-electron chi connectivity index (χ3n) is 3.91. The fourth-order valence-electron chi connectivity index (χ4n) is 2.50. The summed E-state index contributed by atoms with van der Waals surface area (Å²) in [5.41, 5.74) is 8.21. The highest BCUT2D eigenvalue weighted by Crippen LogP contribution is 2.30. The molecule has 1 atom stereocenters. The van der Waals surface area contributed by atoms with Gasteiger partial charge in [0.15, 0.2) is 0 Å². The molecule has 0 aromatic heterocycles. The predicted octanol–water partition coefficient (Wildman–Crippen LogP) is 2.07. The molecule has 3 N–H and O–H groups in total. The summed E-state index contributed by atoms with van der Waals surface area (Å²) >= 11 is 3.62. The summed E-state index contributed by atoms with van der Waals surface area (Å²) in [6.07, 6.45) is 0.550. The molecule has 0 spiro atoms. The molecular formula is C15H22BrN3O2. The molecule has 1 aliphatic heterocycles. The lowest BCUT2D eigenvalue weighted by Gasteiger charge is -2.34. The highest BCUT2D eigenvalue weighted by Gasteiger charge is 2.17. The number of carboxylic acids is 1.